The number of nitrogens with two attached hydrogens (primary N) is 1. The average molecular weight is 313 g/mol. The molecule has 0 aliphatic heterocycles. The van der Waals surface area contributed by atoms with Gasteiger partial charge in [0.2, 0.25) is 5.91 Å². The molecule has 0 fully saturated rings. The van der Waals surface area contributed by atoms with Crippen molar-refractivity contribution in [2.24, 2.45) is 5.73 Å². The standard InChI is InChI=1S/C14H21BrN2O/c1-11-10-12(7-8-13(11)15)17-14(18)6-4-2-3-5-9-16/h7-8,10H,2-6,9,16H2,1H3,(H,17,18). The van der Waals surface area contributed by atoms with Crippen LogP contribution in [-0.4, -0.2) is 12.5 Å². The van der Waals surface area contributed by atoms with Crippen LogP contribution in [0.2, 0.25) is 0 Å². The van der Waals surface area contributed by atoms with Gasteiger partial charge in [-0.25, -0.2) is 0 Å². The summed E-state index contributed by atoms with van der Waals surface area (Å²) in [7, 11) is 0. The summed E-state index contributed by atoms with van der Waals surface area (Å²) in [6, 6.07) is 5.83. The molecule has 100 valence electrons. The second-order valence-corrected chi connectivity index (χ2v) is 5.32. The van der Waals surface area contributed by atoms with Gasteiger partial charge < -0.3 is 11.1 Å². The van der Waals surface area contributed by atoms with Crippen LogP contribution >= 0.6 is 15.9 Å². The van der Waals surface area contributed by atoms with E-state index in [9.17, 15) is 4.79 Å². The van der Waals surface area contributed by atoms with E-state index in [-0.39, 0.29) is 5.91 Å². The van der Waals surface area contributed by atoms with E-state index in [2.05, 4.69) is 21.2 Å². The molecule has 0 radical (unpaired) electrons. The van der Waals surface area contributed by atoms with E-state index >= 15 is 0 Å². The van der Waals surface area contributed by atoms with E-state index in [0.29, 0.717) is 6.42 Å². The molecule has 18 heavy (non-hydrogen) atoms. The highest BCUT2D eigenvalue weighted by Gasteiger charge is 2.03. The third-order valence-electron chi connectivity index (χ3n) is 2.80. The Kier molecular flexibility index (Phi) is 6.98. The lowest BCUT2D eigenvalue weighted by atomic mass is 10.1. The zero-order chi connectivity index (χ0) is 13.4. The SMILES string of the molecule is Cc1cc(NC(=O)CCCCCCN)ccc1Br. The first-order valence-corrected chi connectivity index (χ1v) is 7.19. The molecule has 0 bridgehead atoms. The molecule has 1 amide bonds. The zero-order valence-electron chi connectivity index (χ0n) is 10.8. The topological polar surface area (TPSA) is 55.1 Å². The molecule has 0 heterocycles. The van der Waals surface area contributed by atoms with Crippen molar-refractivity contribution in [3.63, 3.8) is 0 Å². The average Bonchev–Trinajstić information content (AvgIpc) is 2.34. The van der Waals surface area contributed by atoms with Crippen molar-refractivity contribution in [1.82, 2.24) is 0 Å². The number of hydrogen-bond donors (Lipinski definition) is 2. The summed E-state index contributed by atoms with van der Waals surface area (Å²) < 4.78 is 1.06. The molecule has 0 spiro atoms. The fourth-order valence-electron chi connectivity index (χ4n) is 1.73. The number of carbonyl (C=O) groups excluding carboxylic acids is 1. The van der Waals surface area contributed by atoms with Crippen LogP contribution in [0.5, 0.6) is 0 Å². The second-order valence-electron chi connectivity index (χ2n) is 4.47. The number of aryl methyl sites for hydroxylation is 1. The lowest BCUT2D eigenvalue weighted by molar-refractivity contribution is -0.116. The number of anilines is 1. The number of halogens is 1. The Morgan fingerprint density at radius 3 is 2.67 bits per heavy atom. The molecular weight excluding hydrogens is 292 g/mol. The van der Waals surface area contributed by atoms with Crippen molar-refractivity contribution in [3.05, 3.63) is 28.2 Å². The Balaban J connectivity index is 2.29. The Bertz CT molecular complexity index is 393. The molecule has 1 aromatic carbocycles. The predicted octanol–water partition coefficient (Wildman–Crippen LogP) is 3.61. The van der Waals surface area contributed by atoms with Gasteiger partial charge in [0.15, 0.2) is 0 Å². The zero-order valence-corrected chi connectivity index (χ0v) is 12.4. The molecule has 4 heteroatoms. The van der Waals surface area contributed by atoms with E-state index in [1.807, 2.05) is 25.1 Å². The van der Waals surface area contributed by atoms with Gasteiger partial charge in [-0.2, -0.15) is 0 Å². The highest BCUT2D eigenvalue weighted by molar-refractivity contribution is 9.10. The van der Waals surface area contributed by atoms with E-state index < -0.39 is 0 Å². The molecule has 0 aromatic heterocycles. The number of benzene rings is 1. The summed E-state index contributed by atoms with van der Waals surface area (Å²) in [6.45, 7) is 2.75. The van der Waals surface area contributed by atoms with Crippen molar-refractivity contribution < 1.29 is 4.79 Å². The maximum atomic E-state index is 11.7. The lowest BCUT2D eigenvalue weighted by Gasteiger charge is -2.07. The minimum absolute atomic E-state index is 0.0875. The van der Waals surface area contributed by atoms with Gasteiger partial charge >= 0.3 is 0 Å². The maximum absolute atomic E-state index is 11.7. The maximum Gasteiger partial charge on any atom is 0.224 e. The summed E-state index contributed by atoms with van der Waals surface area (Å²) in [4.78, 5) is 11.7. The van der Waals surface area contributed by atoms with Crippen LogP contribution in [-0.2, 0) is 4.79 Å². The molecule has 0 aliphatic carbocycles. The van der Waals surface area contributed by atoms with Gasteiger partial charge in [-0.15, -0.1) is 0 Å². The van der Waals surface area contributed by atoms with Gasteiger partial charge in [-0.05, 0) is 50.1 Å². The minimum Gasteiger partial charge on any atom is -0.330 e. The summed E-state index contributed by atoms with van der Waals surface area (Å²) >= 11 is 3.44. The first-order chi connectivity index (χ1) is 8.63. The number of nitrogens with one attached hydrogen (secondary N) is 1. The number of unbranched alkanes of at least 4 members (excludes halogenated alkanes) is 3. The normalized spacial score (nSPS) is 10.4. The van der Waals surface area contributed by atoms with Crippen molar-refractivity contribution in [3.8, 4) is 0 Å². The van der Waals surface area contributed by atoms with Crippen molar-refractivity contribution in [1.29, 1.82) is 0 Å². The number of hydrogen-bond acceptors (Lipinski definition) is 2. The van der Waals surface area contributed by atoms with E-state index in [1.54, 1.807) is 0 Å². The number of rotatable bonds is 7. The monoisotopic (exact) mass is 312 g/mol. The molecular formula is C14H21BrN2O. The third kappa shape index (κ3) is 5.65. The Hall–Kier alpha value is -0.870. The van der Waals surface area contributed by atoms with E-state index in [4.69, 9.17) is 5.73 Å². The first kappa shape index (κ1) is 15.2. The highest BCUT2D eigenvalue weighted by Crippen LogP contribution is 2.20. The Morgan fingerprint density at radius 2 is 2.00 bits per heavy atom. The Labute approximate surface area is 117 Å². The molecule has 3 N–H and O–H groups in total. The molecule has 1 rings (SSSR count). The minimum atomic E-state index is 0.0875. The van der Waals surface area contributed by atoms with Crippen molar-refractivity contribution in [2.75, 3.05) is 11.9 Å². The number of carbonyl (C=O) groups is 1. The molecule has 3 nitrogen and oxygen atoms in total. The molecule has 0 aliphatic rings. The van der Waals surface area contributed by atoms with E-state index in [1.165, 1.54) is 0 Å². The van der Waals surface area contributed by atoms with Crippen molar-refractivity contribution >= 4 is 27.5 Å². The molecule has 0 saturated heterocycles. The van der Waals surface area contributed by atoms with Gasteiger partial charge in [0, 0.05) is 16.6 Å². The van der Waals surface area contributed by atoms with Gasteiger partial charge in [0.25, 0.3) is 0 Å². The van der Waals surface area contributed by atoms with Crippen LogP contribution in [0.4, 0.5) is 5.69 Å². The summed E-state index contributed by atoms with van der Waals surface area (Å²) in [5.74, 6) is 0.0875. The summed E-state index contributed by atoms with van der Waals surface area (Å²) in [5.41, 5.74) is 7.40. The predicted molar refractivity (Wildman–Crippen MR) is 79.6 cm³/mol. The summed E-state index contributed by atoms with van der Waals surface area (Å²) in [6.07, 6.45) is 4.75. The largest absolute Gasteiger partial charge is 0.330 e. The first-order valence-electron chi connectivity index (χ1n) is 6.39. The van der Waals surface area contributed by atoms with Gasteiger partial charge in [-0.1, -0.05) is 28.8 Å². The third-order valence-corrected chi connectivity index (χ3v) is 3.69. The molecule has 1 aromatic rings. The fourth-order valence-corrected chi connectivity index (χ4v) is 1.98. The molecule has 0 atom stereocenters. The van der Waals surface area contributed by atoms with Gasteiger partial charge in [0.05, 0.1) is 0 Å². The lowest BCUT2D eigenvalue weighted by Crippen LogP contribution is -2.11. The van der Waals surface area contributed by atoms with Crippen molar-refractivity contribution in [2.45, 2.75) is 39.0 Å². The van der Waals surface area contributed by atoms with Gasteiger partial charge in [-0.3, -0.25) is 4.79 Å². The van der Waals surface area contributed by atoms with E-state index in [0.717, 1.165) is 48.0 Å². The Morgan fingerprint density at radius 1 is 1.28 bits per heavy atom. The van der Waals surface area contributed by atoms with Crippen LogP contribution in [0.3, 0.4) is 0 Å². The second kappa shape index (κ2) is 8.27. The highest BCUT2D eigenvalue weighted by atomic mass is 79.9. The van der Waals surface area contributed by atoms with Crippen LogP contribution in [0.15, 0.2) is 22.7 Å². The van der Waals surface area contributed by atoms with Gasteiger partial charge in [0.1, 0.15) is 0 Å². The van der Waals surface area contributed by atoms with Crippen LogP contribution in [0.25, 0.3) is 0 Å². The van der Waals surface area contributed by atoms with Crippen LogP contribution in [0, 0.1) is 6.92 Å². The smallest absolute Gasteiger partial charge is 0.224 e. The number of amides is 1. The fraction of sp³-hybridized carbons (Fsp3) is 0.500. The molecule has 0 saturated carbocycles. The van der Waals surface area contributed by atoms with Crippen LogP contribution in [0.1, 0.15) is 37.7 Å². The van der Waals surface area contributed by atoms with Crippen LogP contribution < -0.4 is 11.1 Å². The quantitative estimate of drug-likeness (QED) is 0.756. The molecule has 0 unspecified atom stereocenters. The summed E-state index contributed by atoms with van der Waals surface area (Å²) in [5, 5.41) is 2.92.